The van der Waals surface area contributed by atoms with Crippen LogP contribution < -0.4 is 15.4 Å². The van der Waals surface area contributed by atoms with E-state index in [0.717, 1.165) is 10.5 Å². The molecule has 2 aromatic carbocycles. The van der Waals surface area contributed by atoms with E-state index in [1.165, 1.54) is 0 Å². The summed E-state index contributed by atoms with van der Waals surface area (Å²) < 4.78 is 5.14. The summed E-state index contributed by atoms with van der Waals surface area (Å²) in [5, 5.41) is 5.18. The SMILES string of the molecule is COc1cccc(C=C2NC(=O)N(CC(=O)Nc3cccc(C)c3)C2=O)c1. The van der Waals surface area contributed by atoms with Crippen LogP contribution in [-0.4, -0.2) is 36.4 Å². The van der Waals surface area contributed by atoms with Crippen molar-refractivity contribution >= 4 is 29.6 Å². The summed E-state index contributed by atoms with van der Waals surface area (Å²) in [7, 11) is 1.54. The normalized spacial score (nSPS) is 15.0. The summed E-state index contributed by atoms with van der Waals surface area (Å²) in [6.07, 6.45) is 1.54. The molecule has 1 saturated heterocycles. The number of carbonyl (C=O) groups is 3. The molecule has 1 heterocycles. The maximum absolute atomic E-state index is 12.5. The van der Waals surface area contributed by atoms with Crippen molar-refractivity contribution in [2.75, 3.05) is 19.0 Å². The van der Waals surface area contributed by atoms with E-state index in [-0.39, 0.29) is 12.2 Å². The summed E-state index contributed by atoms with van der Waals surface area (Å²) in [5.74, 6) is -0.371. The fourth-order valence-corrected chi connectivity index (χ4v) is 2.68. The molecule has 0 aliphatic carbocycles. The maximum Gasteiger partial charge on any atom is 0.329 e. The fraction of sp³-hybridized carbons (Fsp3) is 0.150. The third-order valence-electron chi connectivity index (χ3n) is 3.97. The molecule has 138 valence electrons. The first-order chi connectivity index (χ1) is 13.0. The molecule has 0 aromatic heterocycles. The van der Waals surface area contributed by atoms with Crippen molar-refractivity contribution in [3.05, 3.63) is 65.4 Å². The lowest BCUT2D eigenvalue weighted by Crippen LogP contribution is -2.38. The van der Waals surface area contributed by atoms with Crippen LogP contribution in [0.2, 0.25) is 0 Å². The van der Waals surface area contributed by atoms with Gasteiger partial charge in [-0.25, -0.2) is 9.69 Å². The second-order valence-electron chi connectivity index (χ2n) is 6.07. The van der Waals surface area contributed by atoms with Crippen LogP contribution in [0.1, 0.15) is 11.1 Å². The predicted octanol–water partition coefficient (Wildman–Crippen LogP) is 2.54. The van der Waals surface area contributed by atoms with E-state index in [0.29, 0.717) is 17.0 Å². The third kappa shape index (κ3) is 4.33. The highest BCUT2D eigenvalue weighted by atomic mass is 16.5. The van der Waals surface area contributed by atoms with Crippen LogP contribution >= 0.6 is 0 Å². The molecule has 3 rings (SSSR count). The minimum atomic E-state index is -0.631. The highest BCUT2D eigenvalue weighted by Crippen LogP contribution is 2.18. The van der Waals surface area contributed by atoms with Gasteiger partial charge < -0.3 is 15.4 Å². The summed E-state index contributed by atoms with van der Waals surface area (Å²) in [6, 6.07) is 13.7. The van der Waals surface area contributed by atoms with Crippen LogP contribution in [-0.2, 0) is 9.59 Å². The summed E-state index contributed by atoms with van der Waals surface area (Å²) in [4.78, 5) is 37.6. The molecule has 0 bridgehead atoms. The lowest BCUT2D eigenvalue weighted by atomic mass is 10.2. The van der Waals surface area contributed by atoms with E-state index in [1.54, 1.807) is 49.6 Å². The van der Waals surface area contributed by atoms with E-state index in [9.17, 15) is 14.4 Å². The van der Waals surface area contributed by atoms with Crippen molar-refractivity contribution in [2.24, 2.45) is 0 Å². The van der Waals surface area contributed by atoms with Gasteiger partial charge in [-0.15, -0.1) is 0 Å². The Bertz CT molecular complexity index is 936. The second-order valence-corrected chi connectivity index (χ2v) is 6.07. The number of amides is 4. The molecule has 7 nitrogen and oxygen atoms in total. The van der Waals surface area contributed by atoms with Crippen molar-refractivity contribution in [3.8, 4) is 5.75 Å². The Labute approximate surface area is 156 Å². The van der Waals surface area contributed by atoms with Gasteiger partial charge in [-0.05, 0) is 48.4 Å². The lowest BCUT2D eigenvalue weighted by molar-refractivity contribution is -0.127. The Morgan fingerprint density at radius 2 is 1.96 bits per heavy atom. The molecule has 2 N–H and O–H groups in total. The first-order valence-electron chi connectivity index (χ1n) is 8.31. The summed E-state index contributed by atoms with van der Waals surface area (Å²) in [5.41, 5.74) is 2.41. The molecule has 27 heavy (non-hydrogen) atoms. The van der Waals surface area contributed by atoms with E-state index >= 15 is 0 Å². The Morgan fingerprint density at radius 1 is 1.19 bits per heavy atom. The quantitative estimate of drug-likeness (QED) is 0.630. The molecule has 0 radical (unpaired) electrons. The number of nitrogens with zero attached hydrogens (tertiary/aromatic N) is 1. The first-order valence-corrected chi connectivity index (χ1v) is 8.31. The Kier molecular flexibility index (Phi) is 5.21. The van der Waals surface area contributed by atoms with E-state index < -0.39 is 17.8 Å². The number of ether oxygens (including phenoxy) is 1. The summed E-state index contributed by atoms with van der Waals surface area (Å²) >= 11 is 0. The number of nitrogens with one attached hydrogen (secondary N) is 2. The van der Waals surface area contributed by atoms with Gasteiger partial charge in [-0.1, -0.05) is 24.3 Å². The van der Waals surface area contributed by atoms with Crippen molar-refractivity contribution in [2.45, 2.75) is 6.92 Å². The molecule has 1 aliphatic rings. The average molecular weight is 365 g/mol. The van der Waals surface area contributed by atoms with Gasteiger partial charge in [-0.2, -0.15) is 0 Å². The van der Waals surface area contributed by atoms with Gasteiger partial charge in [0, 0.05) is 5.69 Å². The molecule has 0 saturated carbocycles. The van der Waals surface area contributed by atoms with E-state index in [1.807, 2.05) is 19.1 Å². The molecular formula is C20H19N3O4. The van der Waals surface area contributed by atoms with E-state index in [2.05, 4.69) is 10.6 Å². The number of hydrogen-bond donors (Lipinski definition) is 2. The number of anilines is 1. The van der Waals surface area contributed by atoms with Gasteiger partial charge in [0.25, 0.3) is 5.91 Å². The molecule has 1 fully saturated rings. The van der Waals surface area contributed by atoms with Crippen LogP contribution in [0.15, 0.2) is 54.2 Å². The zero-order chi connectivity index (χ0) is 19.4. The fourth-order valence-electron chi connectivity index (χ4n) is 2.68. The Morgan fingerprint density at radius 3 is 2.70 bits per heavy atom. The maximum atomic E-state index is 12.5. The smallest absolute Gasteiger partial charge is 0.329 e. The number of hydrogen-bond acceptors (Lipinski definition) is 4. The topological polar surface area (TPSA) is 87.7 Å². The van der Waals surface area contributed by atoms with Crippen LogP contribution in [0.3, 0.4) is 0 Å². The van der Waals surface area contributed by atoms with E-state index in [4.69, 9.17) is 4.74 Å². The van der Waals surface area contributed by atoms with Crippen LogP contribution in [0.5, 0.6) is 5.75 Å². The van der Waals surface area contributed by atoms with Gasteiger partial charge in [0.05, 0.1) is 7.11 Å². The molecular weight excluding hydrogens is 346 g/mol. The van der Waals surface area contributed by atoms with Gasteiger partial charge in [0.15, 0.2) is 0 Å². The van der Waals surface area contributed by atoms with Gasteiger partial charge in [-0.3, -0.25) is 9.59 Å². The second kappa shape index (κ2) is 7.74. The zero-order valence-corrected chi connectivity index (χ0v) is 15.0. The van der Waals surface area contributed by atoms with Crippen LogP contribution in [0.25, 0.3) is 6.08 Å². The first kappa shape index (κ1) is 18.2. The van der Waals surface area contributed by atoms with Crippen LogP contribution in [0.4, 0.5) is 10.5 Å². The van der Waals surface area contributed by atoms with Crippen LogP contribution in [0, 0.1) is 6.92 Å². The number of benzene rings is 2. The number of rotatable bonds is 5. The molecule has 2 aromatic rings. The van der Waals surface area contributed by atoms with Gasteiger partial charge >= 0.3 is 6.03 Å². The number of imide groups is 1. The highest BCUT2D eigenvalue weighted by Gasteiger charge is 2.34. The molecule has 4 amide bonds. The molecule has 7 heteroatoms. The Balaban J connectivity index is 1.70. The lowest BCUT2D eigenvalue weighted by Gasteiger charge is -2.12. The molecule has 0 atom stereocenters. The largest absolute Gasteiger partial charge is 0.497 e. The molecule has 1 aliphatic heterocycles. The van der Waals surface area contributed by atoms with Gasteiger partial charge in [0.1, 0.15) is 18.0 Å². The Hall–Kier alpha value is -3.61. The third-order valence-corrected chi connectivity index (χ3v) is 3.97. The standard InChI is InChI=1S/C20H19N3O4/c1-13-5-3-7-15(9-13)21-18(24)12-23-19(25)17(22-20(23)26)11-14-6-4-8-16(10-14)27-2/h3-11H,12H2,1-2H3,(H,21,24)(H,22,26). The predicted molar refractivity (Wildman–Crippen MR) is 101 cm³/mol. The number of urea groups is 1. The zero-order valence-electron chi connectivity index (χ0n) is 15.0. The van der Waals surface area contributed by atoms with Crippen molar-refractivity contribution in [3.63, 3.8) is 0 Å². The molecule has 0 spiro atoms. The number of methoxy groups -OCH3 is 1. The monoisotopic (exact) mass is 365 g/mol. The number of carbonyl (C=O) groups excluding carboxylic acids is 3. The van der Waals surface area contributed by atoms with Crippen molar-refractivity contribution in [1.82, 2.24) is 10.2 Å². The number of aryl methyl sites for hydroxylation is 1. The summed E-state index contributed by atoms with van der Waals surface area (Å²) in [6.45, 7) is 1.54. The van der Waals surface area contributed by atoms with Crippen molar-refractivity contribution in [1.29, 1.82) is 0 Å². The average Bonchev–Trinajstić information content (AvgIpc) is 2.89. The van der Waals surface area contributed by atoms with Gasteiger partial charge in [0.2, 0.25) is 5.91 Å². The van der Waals surface area contributed by atoms with Crippen molar-refractivity contribution < 1.29 is 19.1 Å². The molecule has 0 unspecified atom stereocenters. The minimum absolute atomic E-state index is 0.108. The highest BCUT2D eigenvalue weighted by molar-refractivity contribution is 6.15. The minimum Gasteiger partial charge on any atom is -0.497 e.